The molecule has 2 nitrogen and oxygen atoms in total. The number of rotatable bonds is 1. The van der Waals surface area contributed by atoms with Crippen molar-refractivity contribution in [3.8, 4) is 0 Å². The molecule has 0 saturated heterocycles. The monoisotopic (exact) mass is 356 g/mol. The van der Waals surface area contributed by atoms with Crippen LogP contribution in [0.3, 0.4) is 0 Å². The number of carboxylic acid groups (broad SMARTS) is 1. The SMILES string of the molecule is O=C(O)c1cc(Br)cc(Br)c1Br. The van der Waals surface area contributed by atoms with Crippen molar-refractivity contribution in [1.29, 1.82) is 0 Å². The summed E-state index contributed by atoms with van der Waals surface area (Å²) in [5, 5.41) is 8.74. The first-order chi connectivity index (χ1) is 5.52. The quantitative estimate of drug-likeness (QED) is 0.778. The van der Waals surface area contributed by atoms with E-state index in [2.05, 4.69) is 47.8 Å². The summed E-state index contributed by atoms with van der Waals surface area (Å²) in [6.45, 7) is 0. The van der Waals surface area contributed by atoms with E-state index in [9.17, 15) is 4.79 Å². The Morgan fingerprint density at radius 2 is 1.83 bits per heavy atom. The third kappa shape index (κ3) is 2.08. The lowest BCUT2D eigenvalue weighted by molar-refractivity contribution is 0.0695. The molecule has 0 fully saturated rings. The highest BCUT2D eigenvalue weighted by molar-refractivity contribution is 9.13. The molecule has 1 aromatic rings. The van der Waals surface area contributed by atoms with Gasteiger partial charge in [0.25, 0.3) is 0 Å². The predicted molar refractivity (Wildman–Crippen MR) is 56.5 cm³/mol. The van der Waals surface area contributed by atoms with Crippen LogP contribution in [0.5, 0.6) is 0 Å². The molecule has 5 heteroatoms. The van der Waals surface area contributed by atoms with E-state index in [1.807, 2.05) is 0 Å². The molecule has 0 heterocycles. The fourth-order valence-corrected chi connectivity index (χ4v) is 2.34. The lowest BCUT2D eigenvalue weighted by Crippen LogP contribution is -1.97. The van der Waals surface area contributed by atoms with Crippen molar-refractivity contribution >= 4 is 53.8 Å². The van der Waals surface area contributed by atoms with Crippen LogP contribution in [0.15, 0.2) is 25.6 Å². The first-order valence-electron chi connectivity index (χ1n) is 2.90. The lowest BCUT2D eigenvalue weighted by atomic mass is 10.2. The van der Waals surface area contributed by atoms with Gasteiger partial charge >= 0.3 is 5.97 Å². The Morgan fingerprint density at radius 3 is 2.33 bits per heavy atom. The van der Waals surface area contributed by atoms with Gasteiger partial charge in [0.1, 0.15) is 0 Å². The topological polar surface area (TPSA) is 37.3 Å². The molecular weight excluding hydrogens is 356 g/mol. The summed E-state index contributed by atoms with van der Waals surface area (Å²) in [4.78, 5) is 10.7. The van der Waals surface area contributed by atoms with Crippen molar-refractivity contribution in [1.82, 2.24) is 0 Å². The zero-order valence-corrected chi connectivity index (χ0v) is 10.4. The second kappa shape index (κ2) is 3.89. The second-order valence-corrected chi connectivity index (χ2v) is 4.62. The average molecular weight is 359 g/mol. The number of carbonyl (C=O) groups is 1. The van der Waals surface area contributed by atoms with Crippen LogP contribution in [0.4, 0.5) is 0 Å². The van der Waals surface area contributed by atoms with Gasteiger partial charge in [0.05, 0.1) is 5.56 Å². The van der Waals surface area contributed by atoms with Gasteiger partial charge in [0.2, 0.25) is 0 Å². The van der Waals surface area contributed by atoms with Gasteiger partial charge < -0.3 is 5.11 Å². The van der Waals surface area contributed by atoms with Crippen molar-refractivity contribution in [3.63, 3.8) is 0 Å². The van der Waals surface area contributed by atoms with Gasteiger partial charge in [-0.1, -0.05) is 15.9 Å². The van der Waals surface area contributed by atoms with E-state index >= 15 is 0 Å². The Bertz CT molecular complexity index is 336. The van der Waals surface area contributed by atoms with Gasteiger partial charge in [0.15, 0.2) is 0 Å². The van der Waals surface area contributed by atoms with E-state index in [4.69, 9.17) is 5.11 Å². The molecule has 12 heavy (non-hydrogen) atoms. The van der Waals surface area contributed by atoms with E-state index in [1.54, 1.807) is 6.07 Å². The van der Waals surface area contributed by atoms with Gasteiger partial charge in [-0.25, -0.2) is 4.79 Å². The van der Waals surface area contributed by atoms with Crippen LogP contribution in [0, 0.1) is 0 Å². The molecule has 0 spiro atoms. The highest BCUT2D eigenvalue weighted by atomic mass is 79.9. The van der Waals surface area contributed by atoms with Crippen LogP contribution < -0.4 is 0 Å². The average Bonchev–Trinajstić information content (AvgIpc) is 1.96. The van der Waals surface area contributed by atoms with Gasteiger partial charge in [0, 0.05) is 13.4 Å². The molecule has 0 radical (unpaired) electrons. The zero-order valence-electron chi connectivity index (χ0n) is 5.64. The van der Waals surface area contributed by atoms with Crippen LogP contribution in [-0.4, -0.2) is 11.1 Å². The fourth-order valence-electron chi connectivity index (χ4n) is 0.712. The highest BCUT2D eigenvalue weighted by Gasteiger charge is 2.11. The molecular formula is C7H3Br3O2. The number of hydrogen-bond donors (Lipinski definition) is 1. The predicted octanol–water partition coefficient (Wildman–Crippen LogP) is 3.67. The molecule has 0 saturated carbocycles. The van der Waals surface area contributed by atoms with Gasteiger partial charge in [-0.2, -0.15) is 0 Å². The third-order valence-corrected chi connectivity index (χ3v) is 3.69. The van der Waals surface area contributed by atoms with Gasteiger partial charge in [-0.05, 0) is 44.0 Å². The van der Waals surface area contributed by atoms with E-state index in [-0.39, 0.29) is 5.56 Å². The first-order valence-corrected chi connectivity index (χ1v) is 5.28. The molecule has 0 bridgehead atoms. The molecule has 1 N–H and O–H groups in total. The molecule has 0 amide bonds. The largest absolute Gasteiger partial charge is 0.478 e. The minimum atomic E-state index is -0.955. The van der Waals surface area contributed by atoms with Crippen molar-refractivity contribution in [2.45, 2.75) is 0 Å². The first kappa shape index (κ1) is 10.2. The van der Waals surface area contributed by atoms with Crippen LogP contribution in [0.1, 0.15) is 10.4 Å². The Balaban J connectivity index is 3.37. The Hall–Kier alpha value is 0.130. The standard InChI is InChI=1S/C7H3Br3O2/c8-3-1-4(7(11)12)6(10)5(9)2-3/h1-2H,(H,11,12). The van der Waals surface area contributed by atoms with Crippen LogP contribution in [0.2, 0.25) is 0 Å². The molecule has 0 aromatic heterocycles. The van der Waals surface area contributed by atoms with Crippen molar-refractivity contribution < 1.29 is 9.90 Å². The Kier molecular flexibility index (Phi) is 3.31. The molecule has 0 aliphatic heterocycles. The minimum Gasteiger partial charge on any atom is -0.478 e. The molecule has 1 rings (SSSR count). The van der Waals surface area contributed by atoms with E-state index in [0.717, 1.165) is 4.47 Å². The number of benzene rings is 1. The smallest absolute Gasteiger partial charge is 0.336 e. The minimum absolute atomic E-state index is 0.233. The maximum atomic E-state index is 10.7. The number of hydrogen-bond acceptors (Lipinski definition) is 1. The molecule has 1 aromatic carbocycles. The summed E-state index contributed by atoms with van der Waals surface area (Å²) in [6, 6.07) is 3.31. The van der Waals surface area contributed by atoms with Gasteiger partial charge in [-0.15, -0.1) is 0 Å². The third-order valence-electron chi connectivity index (χ3n) is 1.22. The Morgan fingerprint density at radius 1 is 1.25 bits per heavy atom. The summed E-state index contributed by atoms with van der Waals surface area (Å²) in [5.41, 5.74) is 0.233. The summed E-state index contributed by atoms with van der Waals surface area (Å²) in [5.74, 6) is -0.955. The number of carboxylic acids is 1. The molecule has 0 atom stereocenters. The van der Waals surface area contributed by atoms with Crippen LogP contribution in [-0.2, 0) is 0 Å². The van der Waals surface area contributed by atoms with Crippen molar-refractivity contribution in [2.24, 2.45) is 0 Å². The molecule has 0 aliphatic rings. The summed E-state index contributed by atoms with van der Waals surface area (Å²) in [6.07, 6.45) is 0. The van der Waals surface area contributed by atoms with Gasteiger partial charge in [-0.3, -0.25) is 0 Å². The number of aromatic carboxylic acids is 1. The number of halogens is 3. The summed E-state index contributed by atoms with van der Waals surface area (Å²) < 4.78 is 2.00. The molecule has 0 unspecified atom stereocenters. The maximum Gasteiger partial charge on any atom is 0.336 e. The van der Waals surface area contributed by atoms with Crippen LogP contribution >= 0.6 is 47.8 Å². The summed E-state index contributed by atoms with van der Waals surface area (Å²) in [7, 11) is 0. The van der Waals surface area contributed by atoms with Crippen LogP contribution in [0.25, 0.3) is 0 Å². The fraction of sp³-hybridized carbons (Fsp3) is 0. The van der Waals surface area contributed by atoms with Crippen molar-refractivity contribution in [2.75, 3.05) is 0 Å². The second-order valence-electron chi connectivity index (χ2n) is 2.05. The maximum absolute atomic E-state index is 10.7. The normalized spacial score (nSPS) is 9.92. The zero-order chi connectivity index (χ0) is 9.30. The lowest BCUT2D eigenvalue weighted by Gasteiger charge is -2.01. The molecule has 64 valence electrons. The van der Waals surface area contributed by atoms with E-state index < -0.39 is 5.97 Å². The van der Waals surface area contributed by atoms with E-state index in [1.165, 1.54) is 6.07 Å². The van der Waals surface area contributed by atoms with E-state index in [0.29, 0.717) is 8.95 Å². The van der Waals surface area contributed by atoms with Crippen molar-refractivity contribution in [3.05, 3.63) is 31.1 Å². The molecule has 0 aliphatic carbocycles. The summed E-state index contributed by atoms with van der Waals surface area (Å²) >= 11 is 9.59. The Labute approximate surface area is 94.4 Å². The highest BCUT2D eigenvalue weighted by Crippen LogP contribution is 2.30.